The second-order valence-electron chi connectivity index (χ2n) is 3.20. The molecule has 0 saturated heterocycles. The number of rotatable bonds is 5. The largest absolute Gasteiger partial charge is 0.370 e. The van der Waals surface area contributed by atoms with Crippen LogP contribution in [0.25, 0.3) is 0 Å². The monoisotopic (exact) mass is 158 g/mol. The zero-order valence-electron chi connectivity index (χ0n) is 7.61. The second-order valence-corrected chi connectivity index (χ2v) is 3.20. The molecule has 3 N–H and O–H groups in total. The molecule has 0 fully saturated rings. The number of hydrogen-bond donors (Lipinski definition) is 2. The maximum absolute atomic E-state index is 10.6. The van der Waals surface area contributed by atoms with Gasteiger partial charge in [-0.05, 0) is 20.4 Å². The van der Waals surface area contributed by atoms with E-state index in [-0.39, 0.29) is 11.4 Å². The van der Waals surface area contributed by atoms with Crippen LogP contribution in [0.4, 0.5) is 0 Å². The van der Waals surface area contributed by atoms with Crippen LogP contribution in [-0.4, -0.2) is 18.5 Å². The van der Waals surface area contributed by atoms with Crippen LogP contribution in [0.15, 0.2) is 0 Å². The first kappa shape index (κ1) is 10.4. The molecule has 0 aliphatic rings. The Balaban J connectivity index is 3.98. The van der Waals surface area contributed by atoms with Crippen molar-refractivity contribution in [2.45, 2.75) is 38.6 Å². The normalized spacial score (nSPS) is 15.9. The van der Waals surface area contributed by atoms with Gasteiger partial charge in [0.1, 0.15) is 0 Å². The van der Waals surface area contributed by atoms with E-state index >= 15 is 0 Å². The number of primary amides is 1. The molecule has 0 spiro atoms. The number of nitrogens with one attached hydrogen (secondary N) is 1. The lowest BCUT2D eigenvalue weighted by atomic mass is 9.92. The zero-order chi connectivity index (χ0) is 8.91. The molecule has 11 heavy (non-hydrogen) atoms. The molecule has 0 saturated carbocycles. The van der Waals surface area contributed by atoms with E-state index in [1.165, 1.54) is 0 Å². The number of hydrogen-bond acceptors (Lipinski definition) is 2. The quantitative estimate of drug-likeness (QED) is 0.617. The fraction of sp³-hybridized carbons (Fsp3) is 0.875. The highest BCUT2D eigenvalue weighted by molar-refractivity contribution is 5.75. The third-order valence-electron chi connectivity index (χ3n) is 1.97. The van der Waals surface area contributed by atoms with Crippen molar-refractivity contribution in [3.8, 4) is 0 Å². The topological polar surface area (TPSA) is 55.1 Å². The molecule has 0 radical (unpaired) electrons. The molecular weight excluding hydrogens is 140 g/mol. The number of amides is 1. The molecule has 0 aliphatic heterocycles. The molecule has 0 bridgehead atoms. The summed E-state index contributed by atoms with van der Waals surface area (Å²) in [7, 11) is 1.86. The van der Waals surface area contributed by atoms with E-state index in [4.69, 9.17) is 5.73 Å². The molecule has 0 aromatic carbocycles. The van der Waals surface area contributed by atoms with Crippen molar-refractivity contribution in [2.24, 2.45) is 5.73 Å². The van der Waals surface area contributed by atoms with Crippen molar-refractivity contribution < 1.29 is 4.79 Å². The molecular formula is C8H18N2O. The minimum atomic E-state index is -0.240. The molecule has 0 rings (SSSR count). The first-order valence-electron chi connectivity index (χ1n) is 4.01. The predicted octanol–water partition coefficient (Wildman–Crippen LogP) is 0.640. The van der Waals surface area contributed by atoms with Gasteiger partial charge in [-0.25, -0.2) is 0 Å². The Bertz CT molecular complexity index is 136. The fourth-order valence-corrected chi connectivity index (χ4v) is 1.24. The van der Waals surface area contributed by atoms with Crippen molar-refractivity contribution >= 4 is 5.91 Å². The fourth-order valence-electron chi connectivity index (χ4n) is 1.24. The Kier molecular flexibility index (Phi) is 4.11. The lowest BCUT2D eigenvalue weighted by molar-refractivity contribution is -0.119. The van der Waals surface area contributed by atoms with Gasteiger partial charge >= 0.3 is 0 Å². The lowest BCUT2D eigenvalue weighted by Gasteiger charge is -2.27. The van der Waals surface area contributed by atoms with Gasteiger partial charge in [0, 0.05) is 12.0 Å². The Morgan fingerprint density at radius 3 is 2.45 bits per heavy atom. The van der Waals surface area contributed by atoms with E-state index in [2.05, 4.69) is 12.2 Å². The van der Waals surface area contributed by atoms with E-state index in [0.29, 0.717) is 6.42 Å². The first-order chi connectivity index (χ1) is 5.04. The number of carbonyl (C=O) groups is 1. The van der Waals surface area contributed by atoms with Gasteiger partial charge < -0.3 is 11.1 Å². The Morgan fingerprint density at radius 1 is 1.64 bits per heavy atom. The molecule has 0 aromatic heterocycles. The van der Waals surface area contributed by atoms with E-state index in [1.54, 1.807) is 0 Å². The van der Waals surface area contributed by atoms with Gasteiger partial charge in [0.25, 0.3) is 0 Å². The maximum atomic E-state index is 10.6. The minimum Gasteiger partial charge on any atom is -0.370 e. The number of nitrogens with two attached hydrogens (primary N) is 1. The smallest absolute Gasteiger partial charge is 0.219 e. The summed E-state index contributed by atoms with van der Waals surface area (Å²) in [5.41, 5.74) is 4.99. The molecule has 1 unspecified atom stereocenters. The summed E-state index contributed by atoms with van der Waals surface area (Å²) < 4.78 is 0. The van der Waals surface area contributed by atoms with Crippen LogP contribution in [0.3, 0.4) is 0 Å². The van der Waals surface area contributed by atoms with Crippen LogP contribution < -0.4 is 11.1 Å². The van der Waals surface area contributed by atoms with Crippen LogP contribution in [0.2, 0.25) is 0 Å². The third kappa shape index (κ3) is 3.98. The van der Waals surface area contributed by atoms with E-state index in [1.807, 2.05) is 14.0 Å². The molecule has 1 amide bonds. The molecule has 0 aliphatic carbocycles. The molecule has 0 heterocycles. The zero-order valence-corrected chi connectivity index (χ0v) is 7.61. The summed E-state index contributed by atoms with van der Waals surface area (Å²) in [6, 6.07) is 0. The van der Waals surface area contributed by atoms with Crippen molar-refractivity contribution in [1.29, 1.82) is 0 Å². The Hall–Kier alpha value is -0.570. The van der Waals surface area contributed by atoms with Gasteiger partial charge in [-0.1, -0.05) is 13.3 Å². The number of carbonyl (C=O) groups excluding carboxylic acids is 1. The SMILES string of the molecule is CCCC(C)(CC(N)=O)NC. The Morgan fingerprint density at radius 2 is 2.18 bits per heavy atom. The summed E-state index contributed by atoms with van der Waals surface area (Å²) in [5, 5.41) is 3.11. The standard InChI is InChI=1S/C8H18N2O/c1-4-5-8(2,10-3)6-7(9)11/h10H,4-6H2,1-3H3,(H2,9,11). The highest BCUT2D eigenvalue weighted by Crippen LogP contribution is 2.15. The average Bonchev–Trinajstić information content (AvgIpc) is 1.87. The molecule has 3 heteroatoms. The van der Waals surface area contributed by atoms with Crippen molar-refractivity contribution in [2.75, 3.05) is 7.05 Å². The summed E-state index contributed by atoms with van der Waals surface area (Å²) in [4.78, 5) is 10.6. The summed E-state index contributed by atoms with van der Waals surface area (Å²) in [5.74, 6) is -0.240. The predicted molar refractivity (Wildman–Crippen MR) is 46.2 cm³/mol. The minimum absolute atomic E-state index is 0.111. The van der Waals surface area contributed by atoms with E-state index < -0.39 is 0 Å². The third-order valence-corrected chi connectivity index (χ3v) is 1.97. The summed E-state index contributed by atoms with van der Waals surface area (Å²) in [6.07, 6.45) is 2.45. The van der Waals surface area contributed by atoms with Gasteiger partial charge in [-0.2, -0.15) is 0 Å². The van der Waals surface area contributed by atoms with E-state index in [0.717, 1.165) is 12.8 Å². The summed E-state index contributed by atoms with van der Waals surface area (Å²) >= 11 is 0. The Labute approximate surface area is 68.3 Å². The highest BCUT2D eigenvalue weighted by atomic mass is 16.1. The molecule has 0 aromatic rings. The first-order valence-corrected chi connectivity index (χ1v) is 4.01. The highest BCUT2D eigenvalue weighted by Gasteiger charge is 2.22. The van der Waals surface area contributed by atoms with Gasteiger partial charge in [0.15, 0.2) is 0 Å². The van der Waals surface area contributed by atoms with Crippen LogP contribution >= 0.6 is 0 Å². The van der Waals surface area contributed by atoms with Gasteiger partial charge in [0.05, 0.1) is 0 Å². The van der Waals surface area contributed by atoms with Crippen molar-refractivity contribution in [1.82, 2.24) is 5.32 Å². The lowest BCUT2D eigenvalue weighted by Crippen LogP contribution is -2.43. The van der Waals surface area contributed by atoms with Crippen molar-refractivity contribution in [3.63, 3.8) is 0 Å². The van der Waals surface area contributed by atoms with Crippen molar-refractivity contribution in [3.05, 3.63) is 0 Å². The molecule has 1 atom stereocenters. The average molecular weight is 158 g/mol. The van der Waals surface area contributed by atoms with Crippen LogP contribution in [0, 0.1) is 0 Å². The summed E-state index contributed by atoms with van der Waals surface area (Å²) in [6.45, 7) is 4.11. The van der Waals surface area contributed by atoms with Crippen LogP contribution in [-0.2, 0) is 4.79 Å². The van der Waals surface area contributed by atoms with Gasteiger partial charge in [0.2, 0.25) is 5.91 Å². The van der Waals surface area contributed by atoms with Gasteiger partial charge in [-0.15, -0.1) is 0 Å². The van der Waals surface area contributed by atoms with E-state index in [9.17, 15) is 4.79 Å². The van der Waals surface area contributed by atoms with Gasteiger partial charge in [-0.3, -0.25) is 4.79 Å². The molecule has 66 valence electrons. The second kappa shape index (κ2) is 4.34. The maximum Gasteiger partial charge on any atom is 0.219 e. The molecule has 3 nitrogen and oxygen atoms in total. The van der Waals surface area contributed by atoms with Crippen LogP contribution in [0.1, 0.15) is 33.1 Å². The van der Waals surface area contributed by atoms with Crippen LogP contribution in [0.5, 0.6) is 0 Å².